The van der Waals surface area contributed by atoms with Gasteiger partial charge in [-0.1, -0.05) is 6.07 Å². The Hall–Kier alpha value is -1.79. The third-order valence-electron chi connectivity index (χ3n) is 7.38. The summed E-state index contributed by atoms with van der Waals surface area (Å²) in [5.41, 5.74) is 1.30. The van der Waals surface area contributed by atoms with E-state index < -0.39 is 0 Å². The minimum atomic E-state index is 0.273. The first kappa shape index (κ1) is 20.1. The lowest BCUT2D eigenvalue weighted by molar-refractivity contribution is -0.136. The van der Waals surface area contributed by atoms with E-state index in [1.54, 1.807) is 0 Å². The lowest BCUT2D eigenvalue weighted by Gasteiger charge is -2.42. The molecule has 4 aliphatic heterocycles. The molecule has 3 fully saturated rings. The monoisotopic (exact) mass is 413 g/mol. The maximum Gasteiger partial charge on any atom is 0.225 e. The van der Waals surface area contributed by atoms with E-state index in [9.17, 15) is 4.79 Å². The van der Waals surface area contributed by atoms with Crippen molar-refractivity contribution in [1.82, 2.24) is 14.7 Å². The van der Waals surface area contributed by atoms with Crippen LogP contribution in [0.3, 0.4) is 0 Å². The number of amides is 1. The van der Waals surface area contributed by atoms with Crippen LogP contribution < -0.4 is 9.47 Å². The van der Waals surface area contributed by atoms with Crippen molar-refractivity contribution < 1.29 is 14.3 Å². The zero-order chi connectivity index (χ0) is 20.3. The summed E-state index contributed by atoms with van der Waals surface area (Å²) < 4.78 is 11.4. The van der Waals surface area contributed by atoms with Crippen molar-refractivity contribution in [2.24, 2.45) is 5.92 Å². The Labute approximate surface area is 180 Å². The number of rotatable bonds is 4. The Morgan fingerprint density at radius 3 is 2.30 bits per heavy atom. The zero-order valence-corrected chi connectivity index (χ0v) is 18.1. The molecular weight excluding hydrogens is 378 g/mol. The lowest BCUT2D eigenvalue weighted by atomic mass is 9.92. The molecule has 0 radical (unpaired) electrons. The van der Waals surface area contributed by atoms with Crippen LogP contribution in [0.25, 0.3) is 0 Å². The van der Waals surface area contributed by atoms with E-state index in [1.165, 1.54) is 31.2 Å². The smallest absolute Gasteiger partial charge is 0.225 e. The summed E-state index contributed by atoms with van der Waals surface area (Å²) in [6, 6.07) is 7.04. The third-order valence-corrected chi connectivity index (χ3v) is 7.38. The average molecular weight is 414 g/mol. The number of benzene rings is 1. The molecule has 1 amide bonds. The normalized spacial score (nSPS) is 24.3. The van der Waals surface area contributed by atoms with E-state index >= 15 is 0 Å². The molecule has 3 saturated heterocycles. The Morgan fingerprint density at radius 1 is 0.867 bits per heavy atom. The molecule has 0 atom stereocenters. The number of carbonyl (C=O) groups excluding carboxylic acids is 1. The van der Waals surface area contributed by atoms with Gasteiger partial charge in [0.25, 0.3) is 0 Å². The van der Waals surface area contributed by atoms with Gasteiger partial charge in [0.15, 0.2) is 11.5 Å². The fraction of sp³-hybridized carbons (Fsp3) is 0.708. The standard InChI is InChI=1S/C24H35N3O3/c28-24(27-9-1-2-10-27)20-5-13-26(14-6-20)21-7-11-25(12-8-21)18-19-3-4-22-23(17-19)30-16-15-29-22/h3-4,17,20-21H,1-2,5-16,18H2. The van der Waals surface area contributed by atoms with Crippen LogP contribution in [-0.2, 0) is 11.3 Å². The molecule has 0 aromatic heterocycles. The van der Waals surface area contributed by atoms with Gasteiger partial charge in [-0.25, -0.2) is 0 Å². The number of fused-ring (bicyclic) bond motifs is 1. The van der Waals surface area contributed by atoms with Gasteiger partial charge in [0.2, 0.25) is 5.91 Å². The van der Waals surface area contributed by atoms with Crippen LogP contribution in [0.15, 0.2) is 18.2 Å². The van der Waals surface area contributed by atoms with E-state index in [0.717, 1.165) is 70.2 Å². The number of piperidine rings is 2. The molecule has 6 nitrogen and oxygen atoms in total. The summed E-state index contributed by atoms with van der Waals surface area (Å²) in [5.74, 6) is 2.46. The van der Waals surface area contributed by atoms with E-state index in [1.807, 2.05) is 6.07 Å². The van der Waals surface area contributed by atoms with E-state index in [2.05, 4.69) is 26.8 Å². The van der Waals surface area contributed by atoms with Crippen LogP contribution in [0.2, 0.25) is 0 Å². The Balaban J connectivity index is 1.07. The van der Waals surface area contributed by atoms with Crippen LogP contribution >= 0.6 is 0 Å². The van der Waals surface area contributed by atoms with Crippen molar-refractivity contribution in [1.29, 1.82) is 0 Å². The van der Waals surface area contributed by atoms with Gasteiger partial charge in [-0.15, -0.1) is 0 Å². The largest absolute Gasteiger partial charge is 0.486 e. The number of nitrogens with zero attached hydrogens (tertiary/aromatic N) is 3. The molecule has 30 heavy (non-hydrogen) atoms. The highest BCUT2D eigenvalue weighted by molar-refractivity contribution is 5.79. The van der Waals surface area contributed by atoms with Gasteiger partial charge in [0, 0.05) is 31.6 Å². The first-order valence-corrected chi connectivity index (χ1v) is 11.9. The summed E-state index contributed by atoms with van der Waals surface area (Å²) >= 11 is 0. The van der Waals surface area contributed by atoms with E-state index in [-0.39, 0.29) is 5.92 Å². The van der Waals surface area contributed by atoms with Gasteiger partial charge in [-0.3, -0.25) is 9.69 Å². The fourth-order valence-electron chi connectivity index (χ4n) is 5.59. The summed E-state index contributed by atoms with van der Waals surface area (Å²) in [6.07, 6.45) is 6.94. The first-order valence-electron chi connectivity index (χ1n) is 11.9. The Morgan fingerprint density at radius 2 is 1.57 bits per heavy atom. The molecule has 5 rings (SSSR count). The van der Waals surface area contributed by atoms with Crippen molar-refractivity contribution in [2.45, 2.75) is 51.1 Å². The van der Waals surface area contributed by atoms with Crippen molar-refractivity contribution in [2.75, 3.05) is 52.5 Å². The number of ether oxygens (including phenoxy) is 2. The molecule has 1 aromatic carbocycles. The highest BCUT2D eigenvalue weighted by Crippen LogP contribution is 2.32. The quantitative estimate of drug-likeness (QED) is 0.760. The van der Waals surface area contributed by atoms with Gasteiger partial charge in [-0.2, -0.15) is 0 Å². The van der Waals surface area contributed by atoms with Crippen LogP contribution in [0.4, 0.5) is 0 Å². The molecular formula is C24H35N3O3. The zero-order valence-electron chi connectivity index (χ0n) is 18.1. The van der Waals surface area contributed by atoms with Crippen LogP contribution in [-0.4, -0.2) is 79.1 Å². The summed E-state index contributed by atoms with van der Waals surface area (Å²) in [4.78, 5) is 20.0. The first-order chi connectivity index (χ1) is 14.8. The highest BCUT2D eigenvalue weighted by atomic mass is 16.6. The van der Waals surface area contributed by atoms with Crippen molar-refractivity contribution >= 4 is 5.91 Å². The van der Waals surface area contributed by atoms with Crippen LogP contribution in [0, 0.1) is 5.92 Å². The van der Waals surface area contributed by atoms with E-state index in [0.29, 0.717) is 25.2 Å². The van der Waals surface area contributed by atoms with Gasteiger partial charge >= 0.3 is 0 Å². The average Bonchev–Trinajstić information content (AvgIpc) is 3.34. The SMILES string of the molecule is O=C(C1CCN(C2CCN(Cc3ccc4c(c3)OCCO4)CC2)CC1)N1CCCC1. The van der Waals surface area contributed by atoms with Gasteiger partial charge < -0.3 is 19.3 Å². The molecule has 164 valence electrons. The maximum atomic E-state index is 12.7. The molecule has 0 bridgehead atoms. The van der Waals surface area contributed by atoms with Crippen LogP contribution in [0.5, 0.6) is 11.5 Å². The van der Waals surface area contributed by atoms with Crippen molar-refractivity contribution in [3.05, 3.63) is 23.8 Å². The van der Waals surface area contributed by atoms with Gasteiger partial charge in [0.1, 0.15) is 13.2 Å². The third kappa shape index (κ3) is 4.45. The summed E-state index contributed by atoms with van der Waals surface area (Å²) in [5, 5.41) is 0. The van der Waals surface area contributed by atoms with Crippen molar-refractivity contribution in [3.8, 4) is 11.5 Å². The predicted molar refractivity (Wildman–Crippen MR) is 116 cm³/mol. The summed E-state index contributed by atoms with van der Waals surface area (Å²) in [6.45, 7) is 8.72. The summed E-state index contributed by atoms with van der Waals surface area (Å²) in [7, 11) is 0. The minimum absolute atomic E-state index is 0.273. The maximum absolute atomic E-state index is 12.7. The second-order valence-corrected chi connectivity index (χ2v) is 9.33. The highest BCUT2D eigenvalue weighted by Gasteiger charge is 2.33. The van der Waals surface area contributed by atoms with Crippen LogP contribution in [0.1, 0.15) is 44.1 Å². The Kier molecular flexibility index (Phi) is 6.14. The molecule has 0 N–H and O–H groups in total. The van der Waals surface area contributed by atoms with Gasteiger partial charge in [0.05, 0.1) is 0 Å². The lowest BCUT2D eigenvalue weighted by Crippen LogP contribution is -2.49. The minimum Gasteiger partial charge on any atom is -0.486 e. The number of carbonyl (C=O) groups is 1. The molecule has 4 heterocycles. The second-order valence-electron chi connectivity index (χ2n) is 9.33. The molecule has 4 aliphatic rings. The van der Waals surface area contributed by atoms with Gasteiger partial charge in [-0.05, 0) is 82.4 Å². The molecule has 0 unspecified atom stereocenters. The fourth-order valence-corrected chi connectivity index (χ4v) is 5.59. The Bertz CT molecular complexity index is 733. The van der Waals surface area contributed by atoms with E-state index in [4.69, 9.17) is 9.47 Å². The topological polar surface area (TPSA) is 45.3 Å². The molecule has 0 spiro atoms. The molecule has 0 aliphatic carbocycles. The molecule has 1 aromatic rings. The molecule has 6 heteroatoms. The second kappa shape index (κ2) is 9.15. The number of likely N-dealkylation sites (tertiary alicyclic amines) is 3. The number of hydrogen-bond donors (Lipinski definition) is 0. The number of hydrogen-bond acceptors (Lipinski definition) is 5. The predicted octanol–water partition coefficient (Wildman–Crippen LogP) is 2.76. The van der Waals surface area contributed by atoms with Crippen molar-refractivity contribution in [3.63, 3.8) is 0 Å². The molecule has 0 saturated carbocycles.